The number of thioether (sulfide) groups is 1. The highest BCUT2D eigenvalue weighted by molar-refractivity contribution is 8.03. The van der Waals surface area contributed by atoms with Gasteiger partial charge in [0.25, 0.3) is 0 Å². The van der Waals surface area contributed by atoms with Gasteiger partial charge in [-0.3, -0.25) is 0 Å². The van der Waals surface area contributed by atoms with Crippen molar-refractivity contribution in [1.29, 1.82) is 0 Å². The summed E-state index contributed by atoms with van der Waals surface area (Å²) in [4.78, 5) is 5.00. The van der Waals surface area contributed by atoms with Crippen LogP contribution in [0.5, 0.6) is 0 Å². The second-order valence-electron chi connectivity index (χ2n) is 4.35. The molecule has 1 saturated heterocycles. The molecule has 2 heterocycles. The average molecular weight is 212 g/mol. The van der Waals surface area contributed by atoms with Gasteiger partial charge in [0, 0.05) is 24.9 Å². The Balaban J connectivity index is 1.91. The number of rotatable bonds is 1. The van der Waals surface area contributed by atoms with Crippen molar-refractivity contribution >= 4 is 11.8 Å². The molecule has 0 radical (unpaired) electrons. The third-order valence-corrected chi connectivity index (χ3v) is 4.24. The molecule has 0 aromatic carbocycles. The van der Waals surface area contributed by atoms with Crippen LogP contribution < -0.4 is 0 Å². The van der Waals surface area contributed by atoms with E-state index in [1.165, 1.54) is 44.0 Å². The summed E-state index contributed by atoms with van der Waals surface area (Å²) < 4.78 is 0. The number of hydrogen-bond donors (Lipinski definition) is 0. The molecule has 80 valence electrons. The second kappa shape index (κ2) is 4.58. The van der Waals surface area contributed by atoms with Crippen molar-refractivity contribution in [2.75, 3.05) is 33.2 Å². The summed E-state index contributed by atoms with van der Waals surface area (Å²) in [5, 5.41) is 2.33. The lowest BCUT2D eigenvalue weighted by Gasteiger charge is -2.23. The van der Waals surface area contributed by atoms with E-state index in [-0.39, 0.29) is 0 Å². The monoisotopic (exact) mass is 212 g/mol. The summed E-state index contributed by atoms with van der Waals surface area (Å²) in [6.07, 6.45) is 4.98. The van der Waals surface area contributed by atoms with Gasteiger partial charge in [-0.25, -0.2) is 0 Å². The number of hydrogen-bond acceptors (Lipinski definition) is 3. The zero-order valence-corrected chi connectivity index (χ0v) is 10.0. The molecular weight excluding hydrogens is 192 g/mol. The molecule has 0 aromatic rings. The Morgan fingerprint density at radius 2 is 2.14 bits per heavy atom. The first kappa shape index (κ1) is 10.4. The Morgan fingerprint density at radius 3 is 2.86 bits per heavy atom. The zero-order valence-electron chi connectivity index (χ0n) is 9.20. The summed E-state index contributed by atoms with van der Waals surface area (Å²) in [6, 6.07) is 0. The van der Waals surface area contributed by atoms with Crippen LogP contribution in [0.1, 0.15) is 19.8 Å². The van der Waals surface area contributed by atoms with Gasteiger partial charge in [-0.05, 0) is 26.4 Å². The first-order valence-corrected chi connectivity index (χ1v) is 6.44. The van der Waals surface area contributed by atoms with Gasteiger partial charge in [0.15, 0.2) is 0 Å². The second-order valence-corrected chi connectivity index (χ2v) is 5.81. The number of likely N-dealkylation sites (N-methyl/N-ethyl adjacent to an activating group) is 1. The number of allylic oxidation sites excluding steroid dienone is 1. The molecule has 0 amide bonds. The maximum Gasteiger partial charge on any atom is 0.0670 e. The van der Waals surface area contributed by atoms with Crippen LogP contribution in [0.15, 0.2) is 11.1 Å². The molecule has 2 nitrogen and oxygen atoms in total. The molecule has 1 atom stereocenters. The van der Waals surface area contributed by atoms with E-state index in [4.69, 9.17) is 0 Å². The molecule has 0 aliphatic carbocycles. The Labute approximate surface area is 91.3 Å². The van der Waals surface area contributed by atoms with E-state index in [1.807, 2.05) is 0 Å². The molecule has 1 fully saturated rings. The quantitative estimate of drug-likeness (QED) is 0.656. The van der Waals surface area contributed by atoms with E-state index in [0.29, 0.717) is 0 Å². The highest BCUT2D eigenvalue weighted by Gasteiger charge is 2.20. The van der Waals surface area contributed by atoms with Crippen molar-refractivity contribution in [2.45, 2.75) is 25.0 Å². The molecule has 0 bridgehead atoms. The summed E-state index contributed by atoms with van der Waals surface area (Å²) in [6.45, 7) is 7.24. The van der Waals surface area contributed by atoms with Crippen LogP contribution >= 0.6 is 11.8 Å². The first-order chi connectivity index (χ1) is 6.75. The molecule has 2 aliphatic heterocycles. The molecule has 2 rings (SSSR count). The highest BCUT2D eigenvalue weighted by atomic mass is 32.2. The third kappa shape index (κ3) is 2.45. The lowest BCUT2D eigenvalue weighted by molar-refractivity contribution is 0.334. The fourth-order valence-electron chi connectivity index (χ4n) is 2.04. The summed E-state index contributed by atoms with van der Waals surface area (Å²) in [7, 11) is 2.22. The summed E-state index contributed by atoms with van der Waals surface area (Å²) in [5.74, 6) is 0. The molecule has 14 heavy (non-hydrogen) atoms. The lowest BCUT2D eigenvalue weighted by Crippen LogP contribution is -2.27. The van der Waals surface area contributed by atoms with E-state index in [0.717, 1.165) is 5.25 Å². The van der Waals surface area contributed by atoms with Crippen LogP contribution in [-0.2, 0) is 0 Å². The maximum atomic E-state index is 2.57. The van der Waals surface area contributed by atoms with Crippen molar-refractivity contribution in [3.63, 3.8) is 0 Å². The fourth-order valence-corrected chi connectivity index (χ4v) is 3.17. The van der Waals surface area contributed by atoms with Gasteiger partial charge in [0.1, 0.15) is 0 Å². The molecular formula is C11H20N2S. The standard InChI is InChI=1S/C11H20N2S/c1-10-4-5-11(14-10)13-7-3-6-12(2)8-9-13/h5,10H,3-4,6-9H2,1-2H3/t10-/m1/s1. The Hall–Kier alpha value is -0.150. The van der Waals surface area contributed by atoms with Crippen LogP contribution in [0.2, 0.25) is 0 Å². The van der Waals surface area contributed by atoms with E-state index >= 15 is 0 Å². The van der Waals surface area contributed by atoms with Crippen LogP contribution in [0.25, 0.3) is 0 Å². The molecule has 0 aromatic heterocycles. The topological polar surface area (TPSA) is 6.48 Å². The van der Waals surface area contributed by atoms with Gasteiger partial charge in [0.2, 0.25) is 0 Å². The molecule has 0 N–H and O–H groups in total. The molecule has 2 aliphatic rings. The highest BCUT2D eigenvalue weighted by Crippen LogP contribution is 2.34. The van der Waals surface area contributed by atoms with Crippen molar-refractivity contribution < 1.29 is 0 Å². The predicted octanol–water partition coefficient (Wildman–Crippen LogP) is 1.99. The van der Waals surface area contributed by atoms with Gasteiger partial charge in [0.05, 0.1) is 5.03 Å². The van der Waals surface area contributed by atoms with Crippen molar-refractivity contribution in [2.24, 2.45) is 0 Å². The Bertz CT molecular complexity index is 227. The smallest absolute Gasteiger partial charge is 0.0670 e. The van der Waals surface area contributed by atoms with Gasteiger partial charge in [-0.1, -0.05) is 13.0 Å². The van der Waals surface area contributed by atoms with Crippen LogP contribution in [0.3, 0.4) is 0 Å². The molecule has 0 spiro atoms. The van der Waals surface area contributed by atoms with Crippen molar-refractivity contribution in [3.8, 4) is 0 Å². The van der Waals surface area contributed by atoms with Crippen molar-refractivity contribution in [3.05, 3.63) is 11.1 Å². The van der Waals surface area contributed by atoms with E-state index in [1.54, 1.807) is 0 Å². The minimum atomic E-state index is 0.797. The van der Waals surface area contributed by atoms with Gasteiger partial charge in [-0.15, -0.1) is 11.8 Å². The molecule has 0 saturated carbocycles. The predicted molar refractivity (Wildman–Crippen MR) is 63.4 cm³/mol. The molecule has 3 heteroatoms. The zero-order chi connectivity index (χ0) is 9.97. The third-order valence-electron chi connectivity index (χ3n) is 2.98. The number of nitrogens with zero attached hydrogens (tertiary/aromatic N) is 2. The van der Waals surface area contributed by atoms with E-state index in [9.17, 15) is 0 Å². The summed E-state index contributed by atoms with van der Waals surface area (Å²) in [5.41, 5.74) is 0. The largest absolute Gasteiger partial charge is 0.365 e. The van der Waals surface area contributed by atoms with Crippen LogP contribution in [0, 0.1) is 0 Å². The first-order valence-electron chi connectivity index (χ1n) is 5.56. The molecule has 0 unspecified atom stereocenters. The maximum absolute atomic E-state index is 2.57. The van der Waals surface area contributed by atoms with Crippen LogP contribution in [-0.4, -0.2) is 48.3 Å². The van der Waals surface area contributed by atoms with Crippen molar-refractivity contribution in [1.82, 2.24) is 9.80 Å². The summed E-state index contributed by atoms with van der Waals surface area (Å²) >= 11 is 2.05. The lowest BCUT2D eigenvalue weighted by atomic mass is 10.3. The van der Waals surface area contributed by atoms with E-state index < -0.39 is 0 Å². The van der Waals surface area contributed by atoms with Gasteiger partial charge < -0.3 is 9.80 Å². The van der Waals surface area contributed by atoms with Gasteiger partial charge >= 0.3 is 0 Å². The average Bonchev–Trinajstić information content (AvgIpc) is 2.46. The van der Waals surface area contributed by atoms with Crippen LogP contribution in [0.4, 0.5) is 0 Å². The van der Waals surface area contributed by atoms with Gasteiger partial charge in [-0.2, -0.15) is 0 Å². The fraction of sp³-hybridized carbons (Fsp3) is 0.818. The SMILES string of the molecule is C[C@@H]1CC=C(N2CCCN(C)CC2)S1. The minimum Gasteiger partial charge on any atom is -0.365 e. The normalized spacial score (nSPS) is 30.3. The Kier molecular flexibility index (Phi) is 3.39. The van der Waals surface area contributed by atoms with E-state index in [2.05, 4.69) is 41.6 Å². The minimum absolute atomic E-state index is 0.797. The Morgan fingerprint density at radius 1 is 1.29 bits per heavy atom.